The molecule has 0 amide bonds. The Bertz CT molecular complexity index is 868. The lowest BCUT2D eigenvalue weighted by Crippen LogP contribution is -1.77. The fourth-order valence-electron chi connectivity index (χ4n) is 2.20. The monoisotopic (exact) mass is 263 g/mol. The molecule has 0 aliphatic rings. The van der Waals surface area contributed by atoms with Crippen LogP contribution in [-0.2, 0) is 0 Å². The number of para-hydroxylation sites is 1. The number of hydrogen-bond donors (Lipinski definition) is 0. The molecular formula is C15H9N3S. The Hall–Kier alpha value is -2.33. The Labute approximate surface area is 113 Å². The van der Waals surface area contributed by atoms with Gasteiger partial charge in [-0.3, -0.25) is 4.98 Å². The van der Waals surface area contributed by atoms with Crippen molar-refractivity contribution in [2.75, 3.05) is 0 Å². The zero-order chi connectivity index (χ0) is 12.7. The SMILES string of the molecule is c1ccc2c(c1)ncc1cc(-c3cncnc3)sc12. The average molecular weight is 263 g/mol. The number of fused-ring (bicyclic) bond motifs is 3. The van der Waals surface area contributed by atoms with Crippen LogP contribution in [-0.4, -0.2) is 15.0 Å². The lowest BCUT2D eigenvalue weighted by atomic mass is 10.2. The van der Waals surface area contributed by atoms with Gasteiger partial charge < -0.3 is 0 Å². The number of benzene rings is 1. The smallest absolute Gasteiger partial charge is 0.115 e. The Morgan fingerprint density at radius 3 is 2.68 bits per heavy atom. The van der Waals surface area contributed by atoms with Gasteiger partial charge in [0.05, 0.1) is 5.52 Å². The van der Waals surface area contributed by atoms with E-state index in [-0.39, 0.29) is 0 Å². The summed E-state index contributed by atoms with van der Waals surface area (Å²) in [5, 5.41) is 2.37. The summed E-state index contributed by atoms with van der Waals surface area (Å²) in [6, 6.07) is 10.4. The first kappa shape index (κ1) is 10.6. The molecule has 0 saturated heterocycles. The van der Waals surface area contributed by atoms with Crippen molar-refractivity contribution in [2.45, 2.75) is 0 Å². The lowest BCUT2D eigenvalue weighted by molar-refractivity contribution is 1.17. The van der Waals surface area contributed by atoms with E-state index in [2.05, 4.69) is 33.2 Å². The molecule has 4 rings (SSSR count). The molecule has 0 fully saturated rings. The molecule has 4 heteroatoms. The highest BCUT2D eigenvalue weighted by Gasteiger charge is 2.08. The predicted molar refractivity (Wildman–Crippen MR) is 78.2 cm³/mol. The molecule has 0 saturated carbocycles. The topological polar surface area (TPSA) is 38.7 Å². The molecule has 0 bridgehead atoms. The summed E-state index contributed by atoms with van der Waals surface area (Å²) in [5.41, 5.74) is 2.08. The van der Waals surface area contributed by atoms with E-state index in [0.717, 1.165) is 11.1 Å². The predicted octanol–water partition coefficient (Wildman–Crippen LogP) is 3.91. The van der Waals surface area contributed by atoms with E-state index in [1.165, 1.54) is 20.3 Å². The van der Waals surface area contributed by atoms with Crippen LogP contribution in [0.4, 0.5) is 0 Å². The maximum atomic E-state index is 4.49. The molecule has 0 radical (unpaired) electrons. The molecule has 0 N–H and O–H groups in total. The second-order valence-corrected chi connectivity index (χ2v) is 5.35. The summed E-state index contributed by atoms with van der Waals surface area (Å²) >= 11 is 1.76. The van der Waals surface area contributed by atoms with Crippen molar-refractivity contribution in [3.8, 4) is 10.4 Å². The Morgan fingerprint density at radius 1 is 0.947 bits per heavy atom. The minimum atomic E-state index is 1.03. The second kappa shape index (κ2) is 4.10. The van der Waals surface area contributed by atoms with Gasteiger partial charge in [-0.05, 0) is 12.1 Å². The number of rotatable bonds is 1. The fraction of sp³-hybridized carbons (Fsp3) is 0. The van der Waals surface area contributed by atoms with Crippen LogP contribution in [0.5, 0.6) is 0 Å². The summed E-state index contributed by atoms with van der Waals surface area (Å²) in [5.74, 6) is 0. The van der Waals surface area contributed by atoms with Gasteiger partial charge >= 0.3 is 0 Å². The van der Waals surface area contributed by atoms with E-state index in [1.54, 1.807) is 17.7 Å². The van der Waals surface area contributed by atoms with Crippen LogP contribution in [0.25, 0.3) is 31.4 Å². The van der Waals surface area contributed by atoms with Gasteiger partial charge in [-0.2, -0.15) is 0 Å². The summed E-state index contributed by atoms with van der Waals surface area (Å²) in [6.45, 7) is 0. The van der Waals surface area contributed by atoms with E-state index in [1.807, 2.05) is 30.7 Å². The number of pyridine rings is 1. The van der Waals surface area contributed by atoms with E-state index in [9.17, 15) is 0 Å². The van der Waals surface area contributed by atoms with Gasteiger partial charge in [0.2, 0.25) is 0 Å². The van der Waals surface area contributed by atoms with Gasteiger partial charge in [0, 0.05) is 44.5 Å². The molecule has 3 aromatic heterocycles. The number of hydrogen-bond acceptors (Lipinski definition) is 4. The second-order valence-electron chi connectivity index (χ2n) is 4.30. The molecule has 19 heavy (non-hydrogen) atoms. The summed E-state index contributed by atoms with van der Waals surface area (Å²) in [4.78, 5) is 13.8. The van der Waals surface area contributed by atoms with Crippen LogP contribution in [0.3, 0.4) is 0 Å². The summed E-state index contributed by atoms with van der Waals surface area (Å²) < 4.78 is 1.27. The first-order valence-electron chi connectivity index (χ1n) is 5.94. The Morgan fingerprint density at radius 2 is 1.79 bits per heavy atom. The summed E-state index contributed by atoms with van der Waals surface area (Å²) in [7, 11) is 0. The van der Waals surface area contributed by atoms with Crippen LogP contribution in [0.15, 0.2) is 55.2 Å². The normalized spacial score (nSPS) is 11.2. The van der Waals surface area contributed by atoms with Crippen molar-refractivity contribution < 1.29 is 0 Å². The van der Waals surface area contributed by atoms with Gasteiger partial charge in [0.25, 0.3) is 0 Å². The highest BCUT2D eigenvalue weighted by molar-refractivity contribution is 7.23. The van der Waals surface area contributed by atoms with Crippen LogP contribution >= 0.6 is 11.3 Å². The van der Waals surface area contributed by atoms with Crippen molar-refractivity contribution in [1.82, 2.24) is 15.0 Å². The Balaban J connectivity index is 2.04. The molecule has 0 atom stereocenters. The first-order chi connectivity index (χ1) is 9.42. The van der Waals surface area contributed by atoms with Gasteiger partial charge in [-0.15, -0.1) is 11.3 Å². The number of aromatic nitrogens is 3. The molecule has 4 aromatic rings. The molecule has 3 heterocycles. The van der Waals surface area contributed by atoms with Crippen molar-refractivity contribution in [1.29, 1.82) is 0 Å². The molecule has 3 nitrogen and oxygen atoms in total. The van der Waals surface area contributed by atoms with E-state index in [4.69, 9.17) is 0 Å². The quantitative estimate of drug-likeness (QED) is 0.522. The average Bonchev–Trinajstić information content (AvgIpc) is 2.93. The van der Waals surface area contributed by atoms with Crippen LogP contribution in [0.2, 0.25) is 0 Å². The fourth-order valence-corrected chi connectivity index (χ4v) is 3.34. The zero-order valence-corrected chi connectivity index (χ0v) is 10.8. The molecule has 0 unspecified atom stereocenters. The number of thiophene rings is 1. The van der Waals surface area contributed by atoms with E-state index < -0.39 is 0 Å². The zero-order valence-electron chi connectivity index (χ0n) is 9.95. The van der Waals surface area contributed by atoms with Crippen LogP contribution in [0, 0.1) is 0 Å². The van der Waals surface area contributed by atoms with Crippen molar-refractivity contribution >= 4 is 32.3 Å². The third kappa shape index (κ3) is 1.69. The van der Waals surface area contributed by atoms with Crippen LogP contribution < -0.4 is 0 Å². The third-order valence-corrected chi connectivity index (χ3v) is 4.33. The minimum absolute atomic E-state index is 1.03. The molecule has 1 aromatic carbocycles. The van der Waals surface area contributed by atoms with Crippen molar-refractivity contribution in [2.24, 2.45) is 0 Å². The van der Waals surface area contributed by atoms with Crippen molar-refractivity contribution in [3.05, 3.63) is 55.2 Å². The summed E-state index contributed by atoms with van der Waals surface area (Å²) in [6.07, 6.45) is 7.16. The maximum Gasteiger partial charge on any atom is 0.115 e. The standard InChI is InChI=1S/C15H9N3S/c1-2-4-13-12(3-1)15-10(8-18-13)5-14(19-15)11-6-16-9-17-7-11/h1-9H. The van der Waals surface area contributed by atoms with Crippen molar-refractivity contribution in [3.63, 3.8) is 0 Å². The molecule has 90 valence electrons. The Kier molecular flexibility index (Phi) is 2.28. The highest BCUT2D eigenvalue weighted by Crippen LogP contribution is 2.36. The largest absolute Gasteiger partial charge is 0.256 e. The van der Waals surface area contributed by atoms with Gasteiger partial charge in [-0.25, -0.2) is 9.97 Å². The van der Waals surface area contributed by atoms with Gasteiger partial charge in [-0.1, -0.05) is 18.2 Å². The molecular weight excluding hydrogens is 254 g/mol. The number of nitrogens with zero attached hydrogens (tertiary/aromatic N) is 3. The van der Waals surface area contributed by atoms with E-state index in [0.29, 0.717) is 0 Å². The third-order valence-electron chi connectivity index (χ3n) is 3.10. The lowest BCUT2D eigenvalue weighted by Gasteiger charge is -1.96. The van der Waals surface area contributed by atoms with Gasteiger partial charge in [0.1, 0.15) is 6.33 Å². The minimum Gasteiger partial charge on any atom is -0.256 e. The van der Waals surface area contributed by atoms with Crippen LogP contribution in [0.1, 0.15) is 0 Å². The molecule has 0 spiro atoms. The van der Waals surface area contributed by atoms with Gasteiger partial charge in [0.15, 0.2) is 0 Å². The first-order valence-corrected chi connectivity index (χ1v) is 6.76. The highest BCUT2D eigenvalue weighted by atomic mass is 32.1. The molecule has 0 aliphatic carbocycles. The van der Waals surface area contributed by atoms with E-state index >= 15 is 0 Å². The maximum absolute atomic E-state index is 4.49. The molecule has 0 aliphatic heterocycles.